The summed E-state index contributed by atoms with van der Waals surface area (Å²) in [5, 5.41) is 9.39. The van der Waals surface area contributed by atoms with E-state index in [1.807, 2.05) is 17.1 Å². The molecule has 1 aliphatic carbocycles. The van der Waals surface area contributed by atoms with Crippen molar-refractivity contribution in [1.29, 1.82) is 0 Å². The highest BCUT2D eigenvalue weighted by Gasteiger charge is 2.71. The fraction of sp³-hybridized carbons (Fsp3) is 0.696. The minimum atomic E-state index is -1.19. The lowest BCUT2D eigenvalue weighted by Crippen LogP contribution is -2.57. The first kappa shape index (κ1) is 20.7. The zero-order chi connectivity index (χ0) is 21.6. The molecule has 0 bridgehead atoms. The summed E-state index contributed by atoms with van der Waals surface area (Å²) in [6, 6.07) is -0.669. The van der Waals surface area contributed by atoms with Crippen molar-refractivity contribution in [2.45, 2.75) is 62.3 Å². The van der Waals surface area contributed by atoms with Gasteiger partial charge >= 0.3 is 5.97 Å². The number of ether oxygens (including phenoxy) is 2. The number of cyclic esters (lactones) is 1. The molecule has 3 fully saturated rings. The summed E-state index contributed by atoms with van der Waals surface area (Å²) in [6.07, 6.45) is 12.4. The maximum Gasteiger partial charge on any atom is 0.313 e. The molecule has 5 aliphatic rings. The van der Waals surface area contributed by atoms with Gasteiger partial charge in [-0.15, -0.1) is 0 Å². The predicted molar refractivity (Wildman–Crippen MR) is 110 cm³/mol. The van der Waals surface area contributed by atoms with Crippen LogP contribution in [0.3, 0.4) is 0 Å². The Morgan fingerprint density at radius 3 is 2.68 bits per heavy atom. The molecule has 5 rings (SSSR count). The average molecular weight is 431 g/mol. The van der Waals surface area contributed by atoms with Gasteiger partial charge in [0.25, 0.3) is 0 Å². The number of hydrogen-bond donors (Lipinski definition) is 1. The van der Waals surface area contributed by atoms with E-state index in [4.69, 9.17) is 9.47 Å². The van der Waals surface area contributed by atoms with Gasteiger partial charge in [-0.1, -0.05) is 37.5 Å². The molecule has 1 saturated carbocycles. The van der Waals surface area contributed by atoms with Crippen molar-refractivity contribution in [3.8, 4) is 0 Å². The van der Waals surface area contributed by atoms with Gasteiger partial charge in [-0.25, -0.2) is 0 Å². The lowest BCUT2D eigenvalue weighted by atomic mass is 9.78. The van der Waals surface area contributed by atoms with Gasteiger partial charge in [0, 0.05) is 25.7 Å². The summed E-state index contributed by atoms with van der Waals surface area (Å²) in [7, 11) is 0. The molecule has 2 saturated heterocycles. The molecule has 8 nitrogen and oxygen atoms in total. The van der Waals surface area contributed by atoms with Crippen LogP contribution < -0.4 is 0 Å². The maximum atomic E-state index is 14.0. The number of nitrogens with zero attached hydrogens (tertiary/aromatic N) is 2. The number of rotatable bonds is 4. The molecule has 31 heavy (non-hydrogen) atoms. The van der Waals surface area contributed by atoms with Gasteiger partial charge in [-0.05, 0) is 25.3 Å². The van der Waals surface area contributed by atoms with E-state index < -0.39 is 35.6 Å². The first-order chi connectivity index (χ1) is 15.1. The van der Waals surface area contributed by atoms with Crippen LogP contribution in [-0.2, 0) is 23.9 Å². The standard InChI is InChI=1S/C23H30N2O6/c26-13-6-12-25-19-21(28)24(15-7-2-1-3-8-15)11-5-10-23(19)18(20(25)27)17-16(31-23)9-4-14-30-22(17)29/h4-5,9-10,15-19,26H,1-3,6-8,11-14H2/t16-,17+,18+,19?,23+/m1/s1. The maximum absolute atomic E-state index is 14.0. The topological polar surface area (TPSA) is 96.4 Å². The Kier molecular flexibility index (Phi) is 5.38. The van der Waals surface area contributed by atoms with Gasteiger partial charge in [0.05, 0.1) is 12.0 Å². The number of aliphatic hydroxyl groups is 1. The molecule has 5 atom stereocenters. The van der Waals surface area contributed by atoms with Gasteiger partial charge in [-0.3, -0.25) is 14.4 Å². The Morgan fingerprint density at radius 1 is 1.10 bits per heavy atom. The van der Waals surface area contributed by atoms with Crippen LogP contribution in [0.15, 0.2) is 24.3 Å². The molecule has 0 aromatic carbocycles. The summed E-state index contributed by atoms with van der Waals surface area (Å²) in [6.45, 7) is 0.810. The lowest BCUT2D eigenvalue weighted by molar-refractivity contribution is -0.153. The highest BCUT2D eigenvalue weighted by atomic mass is 16.6. The summed E-state index contributed by atoms with van der Waals surface area (Å²) in [5.74, 6) is -2.40. The third-order valence-electron chi connectivity index (χ3n) is 7.52. The van der Waals surface area contributed by atoms with Crippen LogP contribution in [0.4, 0.5) is 0 Å². The Hall–Kier alpha value is -2.19. The molecule has 1 N–H and O–H groups in total. The second kappa shape index (κ2) is 8.06. The van der Waals surface area contributed by atoms with Gasteiger partial charge < -0.3 is 24.4 Å². The molecular formula is C23H30N2O6. The molecule has 4 aliphatic heterocycles. The highest BCUT2D eigenvalue weighted by molar-refractivity contribution is 5.99. The number of carbonyl (C=O) groups is 3. The molecule has 168 valence electrons. The predicted octanol–water partition coefficient (Wildman–Crippen LogP) is 0.794. The van der Waals surface area contributed by atoms with Crippen LogP contribution in [0.2, 0.25) is 0 Å². The second-order valence-corrected chi connectivity index (χ2v) is 9.19. The van der Waals surface area contributed by atoms with Gasteiger partial charge in [-0.2, -0.15) is 0 Å². The van der Waals surface area contributed by atoms with Gasteiger partial charge in [0.1, 0.15) is 24.2 Å². The third kappa shape index (κ3) is 3.14. The molecule has 1 unspecified atom stereocenters. The zero-order valence-electron chi connectivity index (χ0n) is 17.7. The third-order valence-corrected chi connectivity index (χ3v) is 7.52. The number of fused-ring (bicyclic) bond motifs is 2. The van der Waals surface area contributed by atoms with Crippen LogP contribution in [0.1, 0.15) is 38.5 Å². The number of aliphatic hydroxyl groups excluding tert-OH is 1. The second-order valence-electron chi connectivity index (χ2n) is 9.19. The molecule has 4 heterocycles. The molecule has 1 spiro atoms. The molecule has 0 aromatic rings. The van der Waals surface area contributed by atoms with Crippen molar-refractivity contribution >= 4 is 17.8 Å². The number of hydrogen-bond acceptors (Lipinski definition) is 6. The van der Waals surface area contributed by atoms with Crippen LogP contribution in [0.5, 0.6) is 0 Å². The van der Waals surface area contributed by atoms with E-state index in [1.165, 1.54) is 6.42 Å². The first-order valence-corrected chi connectivity index (χ1v) is 11.5. The Morgan fingerprint density at radius 2 is 1.90 bits per heavy atom. The normalized spacial score (nSPS) is 37.9. The minimum Gasteiger partial charge on any atom is -0.461 e. The SMILES string of the molecule is O=C1OCC=C[C@H]2O[C@]34C=CCN(C5CCCCC5)C(=O)C3N(CCCO)C(=O)[C@@H]4[C@@H]12. The van der Waals surface area contributed by atoms with E-state index in [9.17, 15) is 19.5 Å². The fourth-order valence-corrected chi connectivity index (χ4v) is 6.19. The molecule has 0 aromatic heterocycles. The molecule has 2 amide bonds. The Labute approximate surface area is 181 Å². The minimum absolute atomic E-state index is 0.0811. The van der Waals surface area contributed by atoms with Crippen molar-refractivity contribution in [1.82, 2.24) is 9.80 Å². The first-order valence-electron chi connectivity index (χ1n) is 11.5. The van der Waals surface area contributed by atoms with Crippen molar-refractivity contribution in [2.24, 2.45) is 11.8 Å². The Balaban J connectivity index is 1.56. The summed E-state index contributed by atoms with van der Waals surface area (Å²) in [4.78, 5) is 43.8. The Bertz CT molecular complexity index is 819. The highest BCUT2D eigenvalue weighted by Crippen LogP contribution is 2.53. The number of esters is 1. The van der Waals surface area contributed by atoms with E-state index in [2.05, 4.69) is 0 Å². The lowest BCUT2D eigenvalue weighted by Gasteiger charge is -2.39. The van der Waals surface area contributed by atoms with E-state index in [-0.39, 0.29) is 37.6 Å². The number of amides is 2. The average Bonchev–Trinajstić information content (AvgIpc) is 3.07. The molecular weight excluding hydrogens is 400 g/mol. The molecule has 8 heteroatoms. The summed E-state index contributed by atoms with van der Waals surface area (Å²) in [5.41, 5.74) is -1.19. The van der Waals surface area contributed by atoms with Gasteiger partial charge in [0.2, 0.25) is 11.8 Å². The van der Waals surface area contributed by atoms with Crippen LogP contribution >= 0.6 is 0 Å². The van der Waals surface area contributed by atoms with Crippen LogP contribution in [0.25, 0.3) is 0 Å². The van der Waals surface area contributed by atoms with Crippen molar-refractivity contribution in [3.05, 3.63) is 24.3 Å². The molecule has 0 radical (unpaired) electrons. The van der Waals surface area contributed by atoms with Gasteiger partial charge in [0.15, 0.2) is 0 Å². The van der Waals surface area contributed by atoms with Crippen LogP contribution in [-0.4, -0.2) is 82.8 Å². The largest absolute Gasteiger partial charge is 0.461 e. The summed E-state index contributed by atoms with van der Waals surface area (Å²) >= 11 is 0. The monoisotopic (exact) mass is 430 g/mol. The number of carbonyl (C=O) groups excluding carboxylic acids is 3. The van der Waals surface area contributed by atoms with E-state index in [0.717, 1.165) is 25.7 Å². The smallest absolute Gasteiger partial charge is 0.313 e. The summed E-state index contributed by atoms with van der Waals surface area (Å²) < 4.78 is 11.8. The van der Waals surface area contributed by atoms with E-state index in [0.29, 0.717) is 13.0 Å². The zero-order valence-corrected chi connectivity index (χ0v) is 17.7. The van der Waals surface area contributed by atoms with Crippen molar-refractivity contribution < 1.29 is 29.0 Å². The van der Waals surface area contributed by atoms with Crippen molar-refractivity contribution in [3.63, 3.8) is 0 Å². The fourth-order valence-electron chi connectivity index (χ4n) is 6.19. The van der Waals surface area contributed by atoms with Crippen LogP contribution in [0, 0.1) is 11.8 Å². The number of likely N-dealkylation sites (tertiary alicyclic amines) is 1. The van der Waals surface area contributed by atoms with E-state index in [1.54, 1.807) is 17.1 Å². The quantitative estimate of drug-likeness (QED) is 0.523. The van der Waals surface area contributed by atoms with Crippen molar-refractivity contribution in [2.75, 3.05) is 26.3 Å². The van der Waals surface area contributed by atoms with E-state index >= 15 is 0 Å².